The van der Waals surface area contributed by atoms with E-state index in [1.54, 1.807) is 12.1 Å². The van der Waals surface area contributed by atoms with E-state index in [9.17, 15) is 4.79 Å². The van der Waals surface area contributed by atoms with Gasteiger partial charge in [-0.3, -0.25) is 4.79 Å². The average molecular weight is 233 g/mol. The number of rotatable bonds is 2. The third-order valence-electron chi connectivity index (χ3n) is 4.34. The maximum atomic E-state index is 12.0. The van der Waals surface area contributed by atoms with Gasteiger partial charge in [0.1, 0.15) is 5.82 Å². The van der Waals surface area contributed by atoms with Gasteiger partial charge in [-0.25, -0.2) is 4.98 Å². The highest BCUT2D eigenvalue weighted by atomic mass is 16.1. The molecule has 1 amide bonds. The molecule has 0 bridgehead atoms. The number of nitrogens with zero attached hydrogens (tertiary/aromatic N) is 1. The van der Waals surface area contributed by atoms with Crippen LogP contribution in [-0.2, 0) is 0 Å². The lowest BCUT2D eigenvalue weighted by molar-refractivity contribution is 0.0943. The summed E-state index contributed by atoms with van der Waals surface area (Å²) in [6.07, 6.45) is 1.51. The van der Waals surface area contributed by atoms with E-state index in [0.717, 1.165) is 0 Å². The summed E-state index contributed by atoms with van der Waals surface area (Å²) in [7, 11) is 0. The van der Waals surface area contributed by atoms with E-state index in [1.807, 2.05) is 0 Å². The zero-order chi connectivity index (χ0) is 12.8. The van der Waals surface area contributed by atoms with Crippen LogP contribution in [0.15, 0.2) is 18.3 Å². The third kappa shape index (κ3) is 1.77. The Morgan fingerprint density at radius 2 is 1.88 bits per heavy atom. The Morgan fingerprint density at radius 1 is 1.29 bits per heavy atom. The molecule has 4 nitrogen and oxygen atoms in total. The predicted octanol–water partition coefficient (Wildman–Crippen LogP) is 1.83. The second-order valence-electron chi connectivity index (χ2n) is 5.82. The second-order valence-corrected chi connectivity index (χ2v) is 5.82. The second kappa shape index (κ2) is 3.45. The van der Waals surface area contributed by atoms with Crippen molar-refractivity contribution in [2.75, 3.05) is 5.73 Å². The van der Waals surface area contributed by atoms with Crippen LogP contribution in [0.1, 0.15) is 38.1 Å². The molecule has 3 N–H and O–H groups in total. The van der Waals surface area contributed by atoms with E-state index in [2.05, 4.69) is 38.0 Å². The Bertz CT molecular complexity index is 434. The van der Waals surface area contributed by atoms with Gasteiger partial charge in [0.2, 0.25) is 0 Å². The van der Waals surface area contributed by atoms with E-state index < -0.39 is 0 Å². The zero-order valence-corrected chi connectivity index (χ0v) is 10.7. The molecule has 92 valence electrons. The van der Waals surface area contributed by atoms with Crippen LogP contribution in [0.3, 0.4) is 0 Å². The quantitative estimate of drug-likeness (QED) is 0.818. The molecule has 0 aliphatic heterocycles. The van der Waals surface area contributed by atoms with Crippen LogP contribution in [0.4, 0.5) is 5.82 Å². The van der Waals surface area contributed by atoms with Gasteiger partial charge < -0.3 is 11.1 Å². The van der Waals surface area contributed by atoms with Crippen LogP contribution in [0.2, 0.25) is 0 Å². The molecule has 1 aliphatic rings. The van der Waals surface area contributed by atoms with Crippen molar-refractivity contribution in [3.63, 3.8) is 0 Å². The lowest BCUT2D eigenvalue weighted by atomic mass is 10.0. The fourth-order valence-electron chi connectivity index (χ4n) is 2.31. The van der Waals surface area contributed by atoms with Gasteiger partial charge in [-0.05, 0) is 23.0 Å². The van der Waals surface area contributed by atoms with E-state index >= 15 is 0 Å². The minimum atomic E-state index is -0.0823. The molecule has 1 heterocycles. The minimum Gasteiger partial charge on any atom is -0.384 e. The first kappa shape index (κ1) is 11.9. The molecule has 1 aliphatic carbocycles. The zero-order valence-electron chi connectivity index (χ0n) is 10.7. The first-order chi connectivity index (χ1) is 7.76. The number of amides is 1. The summed E-state index contributed by atoms with van der Waals surface area (Å²) in [5.41, 5.74) is 6.32. The largest absolute Gasteiger partial charge is 0.384 e. The van der Waals surface area contributed by atoms with E-state index in [-0.39, 0.29) is 22.8 Å². The summed E-state index contributed by atoms with van der Waals surface area (Å²) in [4.78, 5) is 15.9. The van der Waals surface area contributed by atoms with Crippen LogP contribution in [-0.4, -0.2) is 16.9 Å². The van der Waals surface area contributed by atoms with Gasteiger partial charge in [-0.2, -0.15) is 0 Å². The maximum absolute atomic E-state index is 12.0. The Labute approximate surface area is 102 Å². The van der Waals surface area contributed by atoms with Crippen LogP contribution in [0, 0.1) is 10.8 Å². The van der Waals surface area contributed by atoms with Crippen molar-refractivity contribution in [2.24, 2.45) is 10.8 Å². The molecular formula is C13H19N3O. The number of nitrogens with two attached hydrogens (primary N) is 1. The molecule has 1 fully saturated rings. The highest BCUT2D eigenvalue weighted by Crippen LogP contribution is 2.62. The number of pyridine rings is 1. The summed E-state index contributed by atoms with van der Waals surface area (Å²) in [6, 6.07) is 3.54. The van der Waals surface area contributed by atoms with E-state index in [4.69, 9.17) is 5.73 Å². The first-order valence-corrected chi connectivity index (χ1v) is 5.79. The Kier molecular flexibility index (Phi) is 2.42. The van der Waals surface area contributed by atoms with E-state index in [1.165, 1.54) is 6.20 Å². The monoisotopic (exact) mass is 233 g/mol. The molecule has 0 radical (unpaired) electrons. The molecule has 0 atom stereocenters. The lowest BCUT2D eigenvalue weighted by Crippen LogP contribution is -2.29. The number of carbonyl (C=O) groups excluding carboxylic acids is 1. The maximum Gasteiger partial charge on any atom is 0.253 e. The summed E-state index contributed by atoms with van der Waals surface area (Å²) >= 11 is 0. The molecule has 1 aromatic rings. The number of hydrogen-bond acceptors (Lipinski definition) is 3. The molecule has 1 saturated carbocycles. The Hall–Kier alpha value is -1.58. The fraction of sp³-hybridized carbons (Fsp3) is 0.538. The standard InChI is InChI=1S/C13H19N3O/c1-12(2)11(13(12,3)4)16-10(17)8-5-6-9(14)15-7-8/h5-7,11H,1-4H3,(H2,14,15)(H,16,17). The summed E-state index contributed by atoms with van der Waals surface area (Å²) in [5, 5.41) is 3.05. The van der Waals surface area contributed by atoms with Gasteiger partial charge in [-0.15, -0.1) is 0 Å². The van der Waals surface area contributed by atoms with Crippen molar-refractivity contribution in [1.29, 1.82) is 0 Å². The van der Waals surface area contributed by atoms with Gasteiger partial charge in [0.15, 0.2) is 0 Å². The number of carbonyl (C=O) groups is 1. The van der Waals surface area contributed by atoms with Crippen molar-refractivity contribution >= 4 is 11.7 Å². The van der Waals surface area contributed by atoms with Gasteiger partial charge in [0, 0.05) is 12.2 Å². The highest BCUT2D eigenvalue weighted by Gasteiger charge is 2.65. The van der Waals surface area contributed by atoms with Crippen molar-refractivity contribution in [3.8, 4) is 0 Å². The van der Waals surface area contributed by atoms with Crippen molar-refractivity contribution in [3.05, 3.63) is 23.9 Å². The molecule has 0 aromatic carbocycles. The number of anilines is 1. The lowest BCUT2D eigenvalue weighted by Gasteiger charge is -2.06. The van der Waals surface area contributed by atoms with Gasteiger partial charge in [-0.1, -0.05) is 27.7 Å². The topological polar surface area (TPSA) is 68.0 Å². The Balaban J connectivity index is 2.07. The van der Waals surface area contributed by atoms with Crippen molar-refractivity contribution in [1.82, 2.24) is 10.3 Å². The molecule has 2 rings (SSSR count). The smallest absolute Gasteiger partial charge is 0.253 e. The first-order valence-electron chi connectivity index (χ1n) is 5.79. The van der Waals surface area contributed by atoms with Crippen LogP contribution in [0.25, 0.3) is 0 Å². The number of nitrogen functional groups attached to an aromatic ring is 1. The van der Waals surface area contributed by atoms with Gasteiger partial charge >= 0.3 is 0 Å². The molecule has 0 spiro atoms. The fourth-order valence-corrected chi connectivity index (χ4v) is 2.31. The molecule has 17 heavy (non-hydrogen) atoms. The number of hydrogen-bond donors (Lipinski definition) is 2. The molecule has 0 saturated heterocycles. The molecule has 4 heteroatoms. The van der Waals surface area contributed by atoms with Crippen molar-refractivity contribution in [2.45, 2.75) is 33.7 Å². The van der Waals surface area contributed by atoms with Crippen LogP contribution < -0.4 is 11.1 Å². The number of nitrogens with one attached hydrogen (secondary N) is 1. The summed E-state index contributed by atoms with van der Waals surface area (Å²) < 4.78 is 0. The van der Waals surface area contributed by atoms with Crippen LogP contribution >= 0.6 is 0 Å². The van der Waals surface area contributed by atoms with Gasteiger partial charge in [0.25, 0.3) is 5.91 Å². The minimum absolute atomic E-state index is 0.0823. The summed E-state index contributed by atoms with van der Waals surface area (Å²) in [6.45, 7) is 8.66. The molecular weight excluding hydrogens is 214 g/mol. The highest BCUT2D eigenvalue weighted by molar-refractivity contribution is 5.94. The van der Waals surface area contributed by atoms with Crippen LogP contribution in [0.5, 0.6) is 0 Å². The normalized spacial score (nSPS) is 20.9. The molecule has 0 unspecified atom stereocenters. The van der Waals surface area contributed by atoms with E-state index in [0.29, 0.717) is 11.4 Å². The summed E-state index contributed by atoms with van der Waals surface area (Å²) in [5.74, 6) is 0.342. The third-order valence-corrected chi connectivity index (χ3v) is 4.34. The number of aromatic nitrogens is 1. The SMILES string of the molecule is CC1(C)C(NC(=O)c2ccc(N)nc2)C1(C)C. The van der Waals surface area contributed by atoms with Crippen molar-refractivity contribution < 1.29 is 4.79 Å². The predicted molar refractivity (Wildman–Crippen MR) is 67.5 cm³/mol. The van der Waals surface area contributed by atoms with Gasteiger partial charge in [0.05, 0.1) is 5.56 Å². The Morgan fingerprint density at radius 3 is 2.29 bits per heavy atom. The average Bonchev–Trinajstić information content (AvgIpc) is 2.62. The molecule has 1 aromatic heterocycles.